The summed E-state index contributed by atoms with van der Waals surface area (Å²) in [6.45, 7) is -0.324. The maximum Gasteiger partial charge on any atom is 0.323 e. The Balaban J connectivity index is 1.97. The van der Waals surface area contributed by atoms with Crippen molar-refractivity contribution in [2.24, 2.45) is 0 Å². The summed E-state index contributed by atoms with van der Waals surface area (Å²) in [7, 11) is 1.45. The molecule has 0 aliphatic carbocycles. The van der Waals surface area contributed by atoms with E-state index in [1.54, 1.807) is 12.3 Å². The molecular formula is C15H15ClN2O4. The lowest BCUT2D eigenvalue weighted by atomic mass is 10.2. The van der Waals surface area contributed by atoms with Gasteiger partial charge in [-0.15, -0.1) is 0 Å². The summed E-state index contributed by atoms with van der Waals surface area (Å²) < 4.78 is 5.58. The van der Waals surface area contributed by atoms with Crippen molar-refractivity contribution < 1.29 is 19.1 Å². The average molecular weight is 323 g/mol. The van der Waals surface area contributed by atoms with E-state index < -0.39 is 5.97 Å². The minimum atomic E-state index is -1.05. The van der Waals surface area contributed by atoms with E-state index in [9.17, 15) is 9.59 Å². The number of likely N-dealkylation sites (N-methyl/N-ethyl adjacent to an activating group) is 1. The Labute approximate surface area is 132 Å². The van der Waals surface area contributed by atoms with Crippen LogP contribution >= 0.6 is 11.6 Å². The summed E-state index contributed by atoms with van der Waals surface area (Å²) in [6.07, 6.45) is 1.99. The van der Waals surface area contributed by atoms with Gasteiger partial charge in [0, 0.05) is 25.5 Å². The minimum Gasteiger partial charge on any atom is -0.480 e. The van der Waals surface area contributed by atoms with Crippen molar-refractivity contribution in [3.05, 3.63) is 41.4 Å². The molecule has 6 nitrogen and oxygen atoms in total. The van der Waals surface area contributed by atoms with Crippen molar-refractivity contribution in [3.8, 4) is 11.3 Å². The first-order chi connectivity index (χ1) is 10.5. The molecule has 116 valence electrons. The number of hydrogen-bond acceptors (Lipinski definition) is 4. The van der Waals surface area contributed by atoms with Gasteiger partial charge in [0.15, 0.2) is 11.7 Å². The summed E-state index contributed by atoms with van der Waals surface area (Å²) in [5.74, 6) is -0.383. The molecule has 0 unspecified atom stereocenters. The molecule has 1 aromatic carbocycles. The number of oxazole rings is 1. The minimum absolute atomic E-state index is 0.131. The van der Waals surface area contributed by atoms with Gasteiger partial charge in [0.1, 0.15) is 6.54 Å². The van der Waals surface area contributed by atoms with Crippen molar-refractivity contribution >= 4 is 23.5 Å². The Morgan fingerprint density at radius 1 is 1.36 bits per heavy atom. The van der Waals surface area contributed by atoms with E-state index in [0.717, 1.165) is 10.5 Å². The van der Waals surface area contributed by atoms with Gasteiger partial charge in [-0.2, -0.15) is 0 Å². The van der Waals surface area contributed by atoms with Crippen molar-refractivity contribution in [1.82, 2.24) is 9.88 Å². The van der Waals surface area contributed by atoms with Crippen LogP contribution in [0.15, 0.2) is 34.9 Å². The molecule has 1 N–H and O–H groups in total. The van der Waals surface area contributed by atoms with Gasteiger partial charge in [-0.1, -0.05) is 23.7 Å². The number of carbonyl (C=O) groups is 2. The number of nitrogens with zero attached hydrogens (tertiary/aromatic N) is 2. The second kappa shape index (κ2) is 7.09. The molecule has 1 heterocycles. The van der Waals surface area contributed by atoms with Gasteiger partial charge in [-0.05, 0) is 12.1 Å². The van der Waals surface area contributed by atoms with Crippen molar-refractivity contribution in [1.29, 1.82) is 0 Å². The van der Waals surface area contributed by atoms with Crippen LogP contribution in [-0.4, -0.2) is 40.5 Å². The predicted octanol–water partition coefficient (Wildman–Crippen LogP) is 2.47. The molecule has 0 saturated heterocycles. The predicted molar refractivity (Wildman–Crippen MR) is 80.5 cm³/mol. The van der Waals surface area contributed by atoms with Crippen LogP contribution in [0.4, 0.5) is 0 Å². The number of benzene rings is 1. The summed E-state index contributed by atoms with van der Waals surface area (Å²) in [4.78, 5) is 27.6. The molecular weight excluding hydrogens is 308 g/mol. The van der Waals surface area contributed by atoms with Gasteiger partial charge >= 0.3 is 5.97 Å². The van der Waals surface area contributed by atoms with Gasteiger partial charge in [0.25, 0.3) is 0 Å². The van der Waals surface area contributed by atoms with Crippen LogP contribution in [0.3, 0.4) is 0 Å². The van der Waals surface area contributed by atoms with E-state index >= 15 is 0 Å². The lowest BCUT2D eigenvalue weighted by molar-refractivity contribution is -0.143. The SMILES string of the molecule is CN(CC(=O)O)C(=O)CCc1ncc(-c2ccccc2Cl)o1. The van der Waals surface area contributed by atoms with Crippen LogP contribution in [0.2, 0.25) is 5.02 Å². The zero-order valence-electron chi connectivity index (χ0n) is 12.0. The van der Waals surface area contributed by atoms with E-state index in [0.29, 0.717) is 23.1 Å². The maximum absolute atomic E-state index is 11.8. The van der Waals surface area contributed by atoms with E-state index in [1.165, 1.54) is 7.05 Å². The van der Waals surface area contributed by atoms with Gasteiger partial charge < -0.3 is 14.4 Å². The Morgan fingerprint density at radius 3 is 2.77 bits per heavy atom. The molecule has 0 radical (unpaired) electrons. The Hall–Kier alpha value is -2.34. The highest BCUT2D eigenvalue weighted by Gasteiger charge is 2.14. The second-order valence-electron chi connectivity index (χ2n) is 4.74. The zero-order valence-corrected chi connectivity index (χ0v) is 12.7. The van der Waals surface area contributed by atoms with Crippen LogP contribution in [-0.2, 0) is 16.0 Å². The summed E-state index contributed by atoms with van der Waals surface area (Å²) in [6, 6.07) is 7.23. The van der Waals surface area contributed by atoms with Crippen LogP contribution < -0.4 is 0 Å². The third kappa shape index (κ3) is 4.08. The fourth-order valence-corrected chi connectivity index (χ4v) is 2.14. The molecule has 0 atom stereocenters. The summed E-state index contributed by atoms with van der Waals surface area (Å²) in [5.41, 5.74) is 0.734. The fourth-order valence-electron chi connectivity index (χ4n) is 1.91. The molecule has 2 aromatic rings. The van der Waals surface area contributed by atoms with E-state index in [1.807, 2.05) is 18.2 Å². The number of aromatic nitrogens is 1. The second-order valence-corrected chi connectivity index (χ2v) is 5.15. The molecule has 0 saturated carbocycles. The molecule has 0 fully saturated rings. The lowest BCUT2D eigenvalue weighted by Crippen LogP contribution is -2.32. The maximum atomic E-state index is 11.8. The average Bonchev–Trinajstić information content (AvgIpc) is 2.93. The Bertz CT molecular complexity index is 684. The van der Waals surface area contributed by atoms with Crippen LogP contribution in [0.5, 0.6) is 0 Å². The number of carboxylic acids is 1. The van der Waals surface area contributed by atoms with Crippen molar-refractivity contribution in [2.45, 2.75) is 12.8 Å². The van der Waals surface area contributed by atoms with Gasteiger partial charge in [0.2, 0.25) is 5.91 Å². The monoisotopic (exact) mass is 322 g/mol. The number of carboxylic acid groups (broad SMARTS) is 1. The van der Waals surface area contributed by atoms with Gasteiger partial charge in [-0.3, -0.25) is 9.59 Å². The standard InChI is InChI=1S/C15H15ClN2O4/c1-18(9-15(20)21)14(19)7-6-13-17-8-12(22-13)10-4-2-3-5-11(10)16/h2-5,8H,6-7,9H2,1H3,(H,20,21). The summed E-state index contributed by atoms with van der Waals surface area (Å²) >= 11 is 6.08. The Kier molecular flexibility index (Phi) is 5.16. The van der Waals surface area contributed by atoms with Crippen molar-refractivity contribution in [3.63, 3.8) is 0 Å². The highest BCUT2D eigenvalue weighted by molar-refractivity contribution is 6.33. The molecule has 0 bridgehead atoms. The number of halogens is 1. The van der Waals surface area contributed by atoms with E-state index in [2.05, 4.69) is 4.98 Å². The highest BCUT2D eigenvalue weighted by atomic mass is 35.5. The van der Waals surface area contributed by atoms with Crippen molar-refractivity contribution in [2.75, 3.05) is 13.6 Å². The first-order valence-corrected chi connectivity index (χ1v) is 7.00. The van der Waals surface area contributed by atoms with Gasteiger partial charge in [-0.25, -0.2) is 4.98 Å². The Morgan fingerprint density at radius 2 is 2.09 bits per heavy atom. The first kappa shape index (κ1) is 16.0. The molecule has 1 amide bonds. The normalized spacial score (nSPS) is 10.5. The number of aliphatic carboxylic acids is 1. The van der Waals surface area contributed by atoms with E-state index in [-0.39, 0.29) is 18.9 Å². The van der Waals surface area contributed by atoms with Gasteiger partial charge in [0.05, 0.1) is 11.2 Å². The fraction of sp³-hybridized carbons (Fsp3) is 0.267. The van der Waals surface area contributed by atoms with Crippen LogP contribution in [0, 0.1) is 0 Å². The van der Waals surface area contributed by atoms with Crippen LogP contribution in [0.25, 0.3) is 11.3 Å². The quantitative estimate of drug-likeness (QED) is 0.883. The third-order valence-corrected chi connectivity index (χ3v) is 3.37. The highest BCUT2D eigenvalue weighted by Crippen LogP contribution is 2.28. The number of carbonyl (C=O) groups excluding carboxylic acids is 1. The molecule has 0 spiro atoms. The molecule has 7 heteroatoms. The molecule has 1 aromatic heterocycles. The number of rotatable bonds is 6. The zero-order chi connectivity index (χ0) is 16.1. The van der Waals surface area contributed by atoms with Crippen LogP contribution in [0.1, 0.15) is 12.3 Å². The number of hydrogen-bond donors (Lipinski definition) is 1. The number of amides is 1. The molecule has 2 rings (SSSR count). The third-order valence-electron chi connectivity index (χ3n) is 3.04. The topological polar surface area (TPSA) is 83.6 Å². The summed E-state index contributed by atoms with van der Waals surface area (Å²) in [5, 5.41) is 9.19. The molecule has 0 aliphatic rings. The largest absolute Gasteiger partial charge is 0.480 e. The molecule has 22 heavy (non-hydrogen) atoms. The first-order valence-electron chi connectivity index (χ1n) is 6.62. The number of aryl methyl sites for hydroxylation is 1. The lowest BCUT2D eigenvalue weighted by Gasteiger charge is -2.13. The van der Waals surface area contributed by atoms with E-state index in [4.69, 9.17) is 21.1 Å². The molecule has 0 aliphatic heterocycles. The smallest absolute Gasteiger partial charge is 0.323 e.